The molecule has 1 unspecified atom stereocenters. The molecule has 3 rings (SSSR count). The number of rotatable bonds is 5. The van der Waals surface area contributed by atoms with Gasteiger partial charge in [-0.2, -0.15) is 0 Å². The summed E-state index contributed by atoms with van der Waals surface area (Å²) in [5, 5.41) is 6.76. The highest BCUT2D eigenvalue weighted by molar-refractivity contribution is 6.01. The molecular formula is C20H22FN3O2. The van der Waals surface area contributed by atoms with E-state index >= 15 is 0 Å². The van der Waals surface area contributed by atoms with Crippen LogP contribution in [-0.2, 0) is 4.84 Å². The van der Waals surface area contributed by atoms with Crippen LogP contribution in [0.3, 0.4) is 0 Å². The Morgan fingerprint density at radius 3 is 2.69 bits per heavy atom. The summed E-state index contributed by atoms with van der Waals surface area (Å²) in [6.07, 6.45) is 0.421. The number of halogens is 1. The Kier molecular flexibility index (Phi) is 5.51. The molecule has 2 aromatic rings. The molecule has 5 nitrogen and oxygen atoms in total. The van der Waals surface area contributed by atoms with Crippen LogP contribution in [0.5, 0.6) is 0 Å². The average Bonchev–Trinajstić information content (AvgIpc) is 3.10. The predicted octanol–water partition coefficient (Wildman–Crippen LogP) is 4.18. The first-order chi connectivity index (χ1) is 12.6. The van der Waals surface area contributed by atoms with Crippen LogP contribution in [0.25, 0.3) is 0 Å². The quantitative estimate of drug-likeness (QED) is 0.875. The van der Waals surface area contributed by atoms with E-state index in [1.807, 2.05) is 38.1 Å². The molecule has 0 radical (unpaired) electrons. The molecule has 2 aromatic carbocycles. The molecule has 2 amide bonds. The fourth-order valence-electron chi connectivity index (χ4n) is 2.80. The number of para-hydroxylation sites is 1. The van der Waals surface area contributed by atoms with Crippen molar-refractivity contribution in [2.75, 3.05) is 18.4 Å². The molecule has 6 heteroatoms. The van der Waals surface area contributed by atoms with E-state index in [9.17, 15) is 9.18 Å². The van der Waals surface area contributed by atoms with E-state index in [2.05, 4.69) is 10.5 Å². The zero-order valence-electron chi connectivity index (χ0n) is 14.9. The maximum Gasteiger partial charge on any atom is 0.322 e. The highest BCUT2D eigenvalue weighted by Crippen LogP contribution is 2.19. The molecule has 0 spiro atoms. The van der Waals surface area contributed by atoms with Crippen molar-refractivity contribution in [1.29, 1.82) is 0 Å². The van der Waals surface area contributed by atoms with Crippen LogP contribution in [0, 0.1) is 12.7 Å². The first kappa shape index (κ1) is 17.9. The lowest BCUT2D eigenvalue weighted by Gasteiger charge is -2.23. The van der Waals surface area contributed by atoms with Gasteiger partial charge in [0.15, 0.2) is 6.10 Å². The first-order valence-corrected chi connectivity index (χ1v) is 8.67. The number of carbonyl (C=O) groups is 1. The van der Waals surface area contributed by atoms with Crippen molar-refractivity contribution < 1.29 is 14.0 Å². The van der Waals surface area contributed by atoms with Gasteiger partial charge in [0.05, 0.1) is 17.9 Å². The zero-order valence-corrected chi connectivity index (χ0v) is 14.9. The van der Waals surface area contributed by atoms with Crippen molar-refractivity contribution in [3.05, 3.63) is 65.5 Å². The summed E-state index contributed by atoms with van der Waals surface area (Å²) in [4.78, 5) is 19.5. The van der Waals surface area contributed by atoms with Gasteiger partial charge < -0.3 is 15.1 Å². The number of nitrogens with zero attached hydrogens (tertiary/aromatic N) is 2. The molecule has 0 saturated heterocycles. The number of urea groups is 1. The van der Waals surface area contributed by atoms with Crippen LogP contribution < -0.4 is 5.32 Å². The van der Waals surface area contributed by atoms with Crippen LogP contribution in [0.2, 0.25) is 0 Å². The highest BCUT2D eigenvalue weighted by atomic mass is 19.1. The average molecular weight is 355 g/mol. The molecule has 0 fully saturated rings. The summed E-state index contributed by atoms with van der Waals surface area (Å²) >= 11 is 0. The highest BCUT2D eigenvalue weighted by Gasteiger charge is 2.26. The van der Waals surface area contributed by atoms with E-state index in [1.54, 1.807) is 17.0 Å². The Morgan fingerprint density at radius 1 is 1.27 bits per heavy atom. The van der Waals surface area contributed by atoms with Crippen LogP contribution in [-0.4, -0.2) is 35.8 Å². The van der Waals surface area contributed by atoms with Gasteiger partial charge >= 0.3 is 6.03 Å². The Morgan fingerprint density at radius 2 is 2.00 bits per heavy atom. The summed E-state index contributed by atoms with van der Waals surface area (Å²) in [7, 11) is 0. The Labute approximate surface area is 152 Å². The van der Waals surface area contributed by atoms with Gasteiger partial charge in [-0.15, -0.1) is 0 Å². The van der Waals surface area contributed by atoms with Crippen molar-refractivity contribution in [3.8, 4) is 0 Å². The molecule has 1 heterocycles. The molecule has 1 aliphatic heterocycles. The van der Waals surface area contributed by atoms with Gasteiger partial charge in [0.25, 0.3) is 0 Å². The second kappa shape index (κ2) is 7.99. The third-order valence-corrected chi connectivity index (χ3v) is 4.33. The molecule has 0 bridgehead atoms. The van der Waals surface area contributed by atoms with Crippen LogP contribution in [0.1, 0.15) is 24.5 Å². The SMILES string of the molecule is CCN(CC1CC(c2ccc(C)cc2)=NO1)C(=O)Nc1ccccc1F. The van der Waals surface area contributed by atoms with E-state index in [0.29, 0.717) is 19.5 Å². The van der Waals surface area contributed by atoms with Crippen molar-refractivity contribution in [2.45, 2.75) is 26.4 Å². The third-order valence-electron chi connectivity index (χ3n) is 4.33. The molecular weight excluding hydrogens is 333 g/mol. The second-order valence-corrected chi connectivity index (χ2v) is 6.28. The van der Waals surface area contributed by atoms with Crippen molar-refractivity contribution in [3.63, 3.8) is 0 Å². The summed E-state index contributed by atoms with van der Waals surface area (Å²) in [6.45, 7) is 4.78. The van der Waals surface area contributed by atoms with E-state index in [0.717, 1.165) is 11.3 Å². The van der Waals surface area contributed by atoms with Crippen molar-refractivity contribution in [2.24, 2.45) is 5.16 Å². The normalized spacial score (nSPS) is 16.0. The lowest BCUT2D eigenvalue weighted by Crippen LogP contribution is -2.40. The van der Waals surface area contributed by atoms with E-state index in [4.69, 9.17) is 4.84 Å². The molecule has 1 N–H and O–H groups in total. The molecule has 0 aliphatic carbocycles. The van der Waals surface area contributed by atoms with Crippen molar-refractivity contribution >= 4 is 17.4 Å². The van der Waals surface area contributed by atoms with Gasteiger partial charge in [-0.1, -0.05) is 47.1 Å². The minimum Gasteiger partial charge on any atom is -0.390 e. The molecule has 26 heavy (non-hydrogen) atoms. The second-order valence-electron chi connectivity index (χ2n) is 6.28. The smallest absolute Gasteiger partial charge is 0.322 e. The lowest BCUT2D eigenvalue weighted by molar-refractivity contribution is 0.0633. The van der Waals surface area contributed by atoms with Gasteiger partial charge in [0.2, 0.25) is 0 Å². The number of oxime groups is 1. The van der Waals surface area contributed by atoms with Gasteiger partial charge in [0, 0.05) is 13.0 Å². The number of nitrogens with one attached hydrogen (secondary N) is 1. The molecule has 0 aromatic heterocycles. The number of carbonyl (C=O) groups excluding carboxylic acids is 1. The van der Waals surface area contributed by atoms with Gasteiger partial charge in [0.1, 0.15) is 5.82 Å². The van der Waals surface area contributed by atoms with Crippen molar-refractivity contribution in [1.82, 2.24) is 4.90 Å². The minimum absolute atomic E-state index is 0.167. The Hall–Kier alpha value is -2.89. The molecule has 136 valence electrons. The lowest BCUT2D eigenvalue weighted by atomic mass is 10.0. The standard InChI is InChI=1S/C20H22FN3O2/c1-3-24(20(25)22-18-7-5-4-6-17(18)21)13-16-12-19(23-26-16)15-10-8-14(2)9-11-15/h4-11,16H,3,12-13H2,1-2H3,(H,22,25). The van der Waals surface area contributed by atoms with Gasteiger partial charge in [-0.3, -0.25) is 0 Å². The predicted molar refractivity (Wildman–Crippen MR) is 99.9 cm³/mol. The fourth-order valence-corrected chi connectivity index (χ4v) is 2.80. The molecule has 1 aliphatic rings. The maximum atomic E-state index is 13.7. The maximum absolute atomic E-state index is 13.7. The van der Waals surface area contributed by atoms with Gasteiger partial charge in [-0.05, 0) is 31.5 Å². The number of anilines is 1. The topological polar surface area (TPSA) is 53.9 Å². The summed E-state index contributed by atoms with van der Waals surface area (Å²) in [5.74, 6) is -0.459. The summed E-state index contributed by atoms with van der Waals surface area (Å²) in [5.41, 5.74) is 3.25. The molecule has 1 atom stereocenters. The number of aryl methyl sites for hydroxylation is 1. The summed E-state index contributed by atoms with van der Waals surface area (Å²) < 4.78 is 13.7. The first-order valence-electron chi connectivity index (χ1n) is 8.67. The summed E-state index contributed by atoms with van der Waals surface area (Å²) in [6, 6.07) is 13.8. The van der Waals surface area contributed by atoms with Crippen LogP contribution in [0.15, 0.2) is 53.7 Å². The number of hydrogen-bond acceptors (Lipinski definition) is 3. The largest absolute Gasteiger partial charge is 0.390 e. The zero-order chi connectivity index (χ0) is 18.5. The number of hydrogen-bond donors (Lipinski definition) is 1. The van der Waals surface area contributed by atoms with Crippen LogP contribution in [0.4, 0.5) is 14.9 Å². The Balaban J connectivity index is 1.58. The number of amides is 2. The number of benzene rings is 2. The van der Waals surface area contributed by atoms with E-state index < -0.39 is 5.82 Å². The Bertz CT molecular complexity index is 805. The minimum atomic E-state index is -0.459. The number of likely N-dealkylation sites (N-methyl/N-ethyl adjacent to an activating group) is 1. The molecule has 0 saturated carbocycles. The van der Waals surface area contributed by atoms with Gasteiger partial charge in [-0.25, -0.2) is 9.18 Å². The van der Waals surface area contributed by atoms with E-state index in [1.165, 1.54) is 17.7 Å². The third kappa shape index (κ3) is 4.20. The monoisotopic (exact) mass is 355 g/mol. The fraction of sp³-hybridized carbons (Fsp3) is 0.300. The van der Waals surface area contributed by atoms with Crippen LogP contribution >= 0.6 is 0 Å². The van der Waals surface area contributed by atoms with E-state index in [-0.39, 0.29) is 17.8 Å².